The summed E-state index contributed by atoms with van der Waals surface area (Å²) in [7, 11) is 4.14. The third-order valence-electron chi connectivity index (χ3n) is 8.37. The lowest BCUT2D eigenvalue weighted by Crippen LogP contribution is -2.50. The van der Waals surface area contributed by atoms with Crippen LogP contribution in [0.5, 0.6) is 0 Å². The van der Waals surface area contributed by atoms with Crippen LogP contribution >= 0.6 is 0 Å². The first-order valence-electron chi connectivity index (χ1n) is 12.9. The molecule has 6 unspecified atom stereocenters. The highest BCUT2D eigenvalue weighted by Crippen LogP contribution is 2.40. The third kappa shape index (κ3) is 7.18. The van der Waals surface area contributed by atoms with Gasteiger partial charge in [-0.2, -0.15) is 0 Å². The quantitative estimate of drug-likeness (QED) is 0.411. The second-order valence-corrected chi connectivity index (χ2v) is 12.1. The normalized spacial score (nSPS) is 40.0. The van der Waals surface area contributed by atoms with Crippen LogP contribution in [-0.4, -0.2) is 105 Å². The number of hydrogen-bond acceptors (Lipinski definition) is 8. The van der Waals surface area contributed by atoms with Crippen LogP contribution in [0.25, 0.3) is 4.85 Å². The Labute approximate surface area is 217 Å². The molecule has 5 aliphatic heterocycles. The summed E-state index contributed by atoms with van der Waals surface area (Å²) in [6.07, 6.45) is 4.01. The van der Waals surface area contributed by atoms with Crippen LogP contribution in [-0.2, 0) is 19.1 Å². The Hall–Kier alpha value is -1.73. The van der Waals surface area contributed by atoms with Crippen molar-refractivity contribution in [3.63, 3.8) is 0 Å². The summed E-state index contributed by atoms with van der Waals surface area (Å²) in [6.45, 7) is 19.2. The van der Waals surface area contributed by atoms with E-state index >= 15 is 0 Å². The maximum absolute atomic E-state index is 11.1. The first-order valence-corrected chi connectivity index (χ1v) is 12.9. The number of fused-ring (bicyclic) bond motifs is 2. The van der Waals surface area contributed by atoms with Crippen LogP contribution in [0, 0.1) is 22.8 Å². The number of nitrogens with zero attached hydrogens (tertiary/aromatic N) is 3. The predicted molar refractivity (Wildman–Crippen MR) is 139 cm³/mol. The maximum Gasteiger partial charge on any atom is 0.306 e. The fourth-order valence-corrected chi connectivity index (χ4v) is 6.19. The zero-order valence-electron chi connectivity index (χ0n) is 22.1. The van der Waals surface area contributed by atoms with E-state index in [2.05, 4.69) is 40.9 Å². The van der Waals surface area contributed by atoms with Gasteiger partial charge >= 0.3 is 11.9 Å². The molecular formula is C27H48N4O5. The monoisotopic (exact) mass is 508 g/mol. The highest BCUT2D eigenvalue weighted by molar-refractivity contribution is 5.73. The van der Waals surface area contributed by atoms with Crippen molar-refractivity contribution < 1.29 is 24.2 Å². The number of ether oxygens (including phenoxy) is 2. The summed E-state index contributed by atoms with van der Waals surface area (Å²) in [5, 5.41) is 13.0. The van der Waals surface area contributed by atoms with Gasteiger partial charge in [-0.05, 0) is 46.8 Å². The van der Waals surface area contributed by atoms with Crippen molar-refractivity contribution >= 4 is 11.9 Å². The lowest BCUT2D eigenvalue weighted by atomic mass is 9.79. The van der Waals surface area contributed by atoms with Crippen molar-refractivity contribution in [2.24, 2.45) is 16.2 Å². The van der Waals surface area contributed by atoms with Gasteiger partial charge in [-0.3, -0.25) is 9.59 Å². The summed E-state index contributed by atoms with van der Waals surface area (Å²) in [4.78, 5) is 29.9. The number of aliphatic hydroxyl groups is 1. The molecule has 5 aliphatic rings. The lowest BCUT2D eigenvalue weighted by molar-refractivity contribution is -0.143. The fraction of sp³-hybridized carbons (Fsp3) is 0.889. The van der Waals surface area contributed by atoms with Gasteiger partial charge in [-0.1, -0.05) is 21.3 Å². The molecule has 206 valence electrons. The smallest absolute Gasteiger partial charge is 0.306 e. The SMILES string of the molecule is C.CC12CNCCC1OC(=O)C2.CN1CCC2OC(=O)CC2(C)C1.[C-]#[N+]CC1(C)CN(C)CCC1O. The minimum Gasteiger partial charge on any atom is -0.462 e. The first kappa shape index (κ1) is 30.5. The van der Waals surface area contributed by atoms with Gasteiger partial charge < -0.3 is 34.5 Å². The van der Waals surface area contributed by atoms with E-state index in [0.717, 1.165) is 58.5 Å². The highest BCUT2D eigenvalue weighted by atomic mass is 16.6. The molecular weight excluding hydrogens is 460 g/mol. The number of aliphatic hydroxyl groups excluding tert-OH is 1. The van der Waals surface area contributed by atoms with E-state index in [1.807, 2.05) is 14.0 Å². The van der Waals surface area contributed by atoms with E-state index in [-0.39, 0.29) is 53.9 Å². The summed E-state index contributed by atoms with van der Waals surface area (Å²) in [6, 6.07) is 0. The second-order valence-electron chi connectivity index (χ2n) is 12.1. The van der Waals surface area contributed by atoms with Gasteiger partial charge in [0.05, 0.1) is 24.4 Å². The van der Waals surface area contributed by atoms with Gasteiger partial charge in [0.1, 0.15) is 12.2 Å². The van der Waals surface area contributed by atoms with Crippen molar-refractivity contribution in [2.75, 3.05) is 59.9 Å². The standard InChI is InChI=1S/C9H16N2O.C9H15NO2.C8H13NO2.CH4/c1-9(6-10-2)7-11(3)5-4-8(9)12;1-9-5-8(11)12-7(9)3-4-10(2)6-9;1-8-4-7(10)11-6(8)2-3-9-5-8;/h8,12H,4-7H2,1,3H3;7H,3-6H2,1-2H3;6,9H,2-5H2,1H3;1H4. The predicted octanol–water partition coefficient (Wildman–Crippen LogP) is 2.19. The summed E-state index contributed by atoms with van der Waals surface area (Å²) >= 11 is 0. The van der Waals surface area contributed by atoms with Crippen LogP contribution in [0.1, 0.15) is 60.3 Å². The van der Waals surface area contributed by atoms with E-state index in [1.54, 1.807) is 0 Å². The van der Waals surface area contributed by atoms with Crippen molar-refractivity contribution in [1.82, 2.24) is 15.1 Å². The number of rotatable bonds is 1. The van der Waals surface area contributed by atoms with Gasteiger partial charge in [0.2, 0.25) is 6.54 Å². The van der Waals surface area contributed by atoms with E-state index in [4.69, 9.17) is 16.0 Å². The molecule has 0 saturated carbocycles. The number of nitrogens with one attached hydrogen (secondary N) is 1. The van der Waals surface area contributed by atoms with Gasteiger partial charge in [-0.15, -0.1) is 0 Å². The summed E-state index contributed by atoms with van der Waals surface area (Å²) in [5.41, 5.74) is -0.0475. The molecule has 5 heterocycles. The molecule has 5 fully saturated rings. The molecule has 0 amide bonds. The number of carbonyl (C=O) groups excluding carboxylic acids is 2. The van der Waals surface area contributed by atoms with Gasteiger partial charge in [-0.25, -0.2) is 6.57 Å². The molecule has 5 rings (SSSR count). The lowest BCUT2D eigenvalue weighted by Gasteiger charge is -2.39. The number of carbonyl (C=O) groups is 2. The number of piperidine rings is 3. The largest absolute Gasteiger partial charge is 0.462 e. The Morgan fingerprint density at radius 1 is 0.972 bits per heavy atom. The maximum atomic E-state index is 11.1. The Balaban J connectivity index is 0.000000188. The van der Waals surface area contributed by atoms with Crippen LogP contribution in [0.3, 0.4) is 0 Å². The molecule has 6 atom stereocenters. The molecule has 9 heteroatoms. The molecule has 5 saturated heterocycles. The molecule has 0 radical (unpaired) electrons. The van der Waals surface area contributed by atoms with Gasteiger partial charge in [0, 0.05) is 43.6 Å². The molecule has 0 bridgehead atoms. The zero-order valence-corrected chi connectivity index (χ0v) is 22.1. The molecule has 0 aromatic rings. The molecule has 36 heavy (non-hydrogen) atoms. The first-order chi connectivity index (χ1) is 16.4. The topological polar surface area (TPSA) is 95.7 Å². The average molecular weight is 509 g/mol. The fourth-order valence-electron chi connectivity index (χ4n) is 6.19. The van der Waals surface area contributed by atoms with Crippen LogP contribution in [0.4, 0.5) is 0 Å². The Kier molecular flexibility index (Phi) is 10.3. The Morgan fingerprint density at radius 2 is 1.53 bits per heavy atom. The number of likely N-dealkylation sites (tertiary alicyclic amines) is 2. The molecule has 0 aromatic heterocycles. The van der Waals surface area contributed by atoms with Gasteiger partial charge in [0.25, 0.3) is 0 Å². The van der Waals surface area contributed by atoms with Crippen molar-refractivity contribution in [2.45, 2.75) is 78.6 Å². The number of hydrogen-bond donors (Lipinski definition) is 2. The zero-order chi connectivity index (χ0) is 25.9. The molecule has 0 aromatic carbocycles. The molecule has 0 spiro atoms. The van der Waals surface area contributed by atoms with E-state index in [9.17, 15) is 14.7 Å². The molecule has 0 aliphatic carbocycles. The minimum absolute atomic E-state index is 0. The van der Waals surface area contributed by atoms with E-state index < -0.39 is 0 Å². The van der Waals surface area contributed by atoms with Crippen molar-refractivity contribution in [3.8, 4) is 0 Å². The highest BCUT2D eigenvalue weighted by Gasteiger charge is 2.48. The Morgan fingerprint density at radius 3 is 2.14 bits per heavy atom. The minimum atomic E-state index is -0.303. The summed E-state index contributed by atoms with van der Waals surface area (Å²) in [5.74, 6) is -0.0426. The van der Waals surface area contributed by atoms with Crippen LogP contribution in [0.15, 0.2) is 0 Å². The van der Waals surface area contributed by atoms with Crippen molar-refractivity contribution in [3.05, 3.63) is 11.4 Å². The van der Waals surface area contributed by atoms with E-state index in [0.29, 0.717) is 19.4 Å². The number of esters is 2. The van der Waals surface area contributed by atoms with Crippen LogP contribution < -0.4 is 5.32 Å². The van der Waals surface area contributed by atoms with E-state index in [1.165, 1.54) is 0 Å². The third-order valence-corrected chi connectivity index (χ3v) is 8.37. The second kappa shape index (κ2) is 12.2. The Bertz CT molecular complexity index is 818. The molecule has 2 N–H and O–H groups in total. The summed E-state index contributed by atoms with van der Waals surface area (Å²) < 4.78 is 10.4. The van der Waals surface area contributed by atoms with Gasteiger partial charge in [0.15, 0.2) is 0 Å². The van der Waals surface area contributed by atoms with Crippen LogP contribution in [0.2, 0.25) is 0 Å². The average Bonchev–Trinajstić information content (AvgIpc) is 3.24. The molecule has 9 nitrogen and oxygen atoms in total. The van der Waals surface area contributed by atoms with Crippen molar-refractivity contribution in [1.29, 1.82) is 0 Å².